The molecule has 2 fully saturated rings. The molecule has 29 heavy (non-hydrogen) atoms. The summed E-state index contributed by atoms with van der Waals surface area (Å²) < 4.78 is 30.0. The van der Waals surface area contributed by atoms with Gasteiger partial charge in [-0.25, -0.2) is 13.4 Å². The van der Waals surface area contributed by atoms with Gasteiger partial charge in [0.25, 0.3) is 0 Å². The molecule has 1 amide bonds. The van der Waals surface area contributed by atoms with E-state index in [4.69, 9.17) is 4.74 Å². The second kappa shape index (κ2) is 8.67. The van der Waals surface area contributed by atoms with E-state index < -0.39 is 9.84 Å². The van der Waals surface area contributed by atoms with Gasteiger partial charge in [-0.3, -0.25) is 14.6 Å². The topological polar surface area (TPSA) is 79.8 Å². The van der Waals surface area contributed by atoms with Crippen molar-refractivity contribution >= 4 is 42.4 Å². The van der Waals surface area contributed by atoms with Crippen molar-refractivity contribution in [1.82, 2.24) is 9.88 Å². The van der Waals surface area contributed by atoms with E-state index in [0.29, 0.717) is 11.7 Å². The number of carbonyl (C=O) groups is 1. The second-order valence-corrected chi connectivity index (χ2v) is 10.8. The van der Waals surface area contributed by atoms with E-state index in [1.165, 1.54) is 17.6 Å². The fourth-order valence-electron chi connectivity index (χ4n) is 4.00. The summed E-state index contributed by atoms with van der Waals surface area (Å²) in [6, 6.07) is 4.97. The van der Waals surface area contributed by atoms with Crippen LogP contribution in [0.1, 0.15) is 25.7 Å². The fourth-order valence-corrected chi connectivity index (χ4v) is 5.76. The number of ether oxygens (including phenoxy) is 1. The van der Waals surface area contributed by atoms with E-state index in [1.54, 1.807) is 18.2 Å². The molecule has 4 rings (SSSR count). The number of rotatable bonds is 6. The van der Waals surface area contributed by atoms with Gasteiger partial charge in [-0.1, -0.05) is 24.2 Å². The Kier molecular flexibility index (Phi) is 6.19. The molecule has 1 aromatic carbocycles. The zero-order valence-corrected chi connectivity index (χ0v) is 18.3. The van der Waals surface area contributed by atoms with Gasteiger partial charge in [0.1, 0.15) is 0 Å². The van der Waals surface area contributed by atoms with E-state index in [0.717, 1.165) is 68.7 Å². The van der Waals surface area contributed by atoms with Crippen LogP contribution >= 0.6 is 11.3 Å². The quantitative estimate of drug-likeness (QED) is 0.691. The first-order chi connectivity index (χ1) is 13.9. The Labute approximate surface area is 175 Å². The minimum atomic E-state index is -3.28. The average Bonchev–Trinajstić information content (AvgIpc) is 3.37. The van der Waals surface area contributed by atoms with E-state index in [2.05, 4.69) is 9.88 Å². The number of aromatic nitrogens is 1. The van der Waals surface area contributed by atoms with Crippen LogP contribution in [-0.4, -0.2) is 69.9 Å². The molecular weight excluding hydrogens is 410 g/mol. The summed E-state index contributed by atoms with van der Waals surface area (Å²) >= 11 is 1.40. The molecule has 0 radical (unpaired) electrons. The Bertz CT molecular complexity index is 977. The van der Waals surface area contributed by atoms with Gasteiger partial charge in [-0.05, 0) is 31.0 Å². The van der Waals surface area contributed by atoms with E-state index in [-0.39, 0.29) is 16.7 Å². The molecule has 2 heterocycles. The van der Waals surface area contributed by atoms with Crippen molar-refractivity contribution in [3.05, 3.63) is 18.2 Å². The van der Waals surface area contributed by atoms with Crippen LogP contribution in [0.2, 0.25) is 0 Å². The highest BCUT2D eigenvalue weighted by atomic mass is 32.2. The van der Waals surface area contributed by atoms with Crippen molar-refractivity contribution < 1.29 is 17.9 Å². The molecule has 1 aliphatic carbocycles. The molecule has 1 saturated carbocycles. The maximum absolute atomic E-state index is 13.3. The van der Waals surface area contributed by atoms with Gasteiger partial charge in [0.05, 0.1) is 28.3 Å². The van der Waals surface area contributed by atoms with Gasteiger partial charge in [-0.15, -0.1) is 0 Å². The maximum Gasteiger partial charge on any atom is 0.231 e. The normalized spacial score (nSPS) is 19.1. The molecule has 0 unspecified atom stereocenters. The number of hydrogen-bond donors (Lipinski definition) is 0. The lowest BCUT2D eigenvalue weighted by atomic mass is 10.1. The summed E-state index contributed by atoms with van der Waals surface area (Å²) in [7, 11) is -3.28. The molecule has 0 spiro atoms. The second-order valence-electron chi connectivity index (χ2n) is 7.82. The van der Waals surface area contributed by atoms with Crippen molar-refractivity contribution in [3.8, 4) is 0 Å². The Morgan fingerprint density at radius 3 is 2.69 bits per heavy atom. The van der Waals surface area contributed by atoms with Gasteiger partial charge in [-0.2, -0.15) is 0 Å². The lowest BCUT2D eigenvalue weighted by Crippen LogP contribution is -2.44. The fraction of sp³-hybridized carbons (Fsp3) is 0.600. The third-order valence-corrected chi connectivity index (χ3v) is 7.87. The Balaban J connectivity index is 1.61. The van der Waals surface area contributed by atoms with Gasteiger partial charge in [0, 0.05) is 38.4 Å². The predicted molar refractivity (Wildman–Crippen MR) is 114 cm³/mol. The zero-order chi connectivity index (χ0) is 20.4. The lowest BCUT2D eigenvalue weighted by Gasteiger charge is -2.30. The number of sulfone groups is 1. The minimum absolute atomic E-state index is 0.0679. The van der Waals surface area contributed by atoms with Gasteiger partial charge >= 0.3 is 0 Å². The third kappa shape index (κ3) is 4.79. The number of carbonyl (C=O) groups excluding carboxylic acids is 1. The molecular formula is C20H27N3O4S2. The number of benzene rings is 1. The van der Waals surface area contributed by atoms with Crippen LogP contribution in [0.3, 0.4) is 0 Å². The molecule has 0 atom stereocenters. The Hall–Kier alpha value is -1.55. The van der Waals surface area contributed by atoms with Crippen LogP contribution in [0.15, 0.2) is 23.1 Å². The first-order valence-corrected chi connectivity index (χ1v) is 12.8. The Morgan fingerprint density at radius 2 is 2.00 bits per heavy atom. The number of nitrogens with zero attached hydrogens (tertiary/aromatic N) is 3. The SMILES string of the molecule is CS(=O)(=O)c1ccc2nc(N(CCN3CCOCC3)C(=O)C3CCCC3)sc2c1. The maximum atomic E-state index is 13.3. The number of anilines is 1. The first-order valence-electron chi connectivity index (χ1n) is 10.1. The van der Waals surface area contributed by atoms with Crippen molar-refractivity contribution in [2.75, 3.05) is 50.5 Å². The Morgan fingerprint density at radius 1 is 1.28 bits per heavy atom. The summed E-state index contributed by atoms with van der Waals surface area (Å²) in [5, 5.41) is 0.663. The number of amides is 1. The van der Waals surface area contributed by atoms with Gasteiger partial charge in [0.15, 0.2) is 15.0 Å². The summed E-state index contributed by atoms with van der Waals surface area (Å²) in [4.78, 5) is 22.4. The third-order valence-electron chi connectivity index (χ3n) is 5.72. The summed E-state index contributed by atoms with van der Waals surface area (Å²) in [6.07, 6.45) is 5.29. The van der Waals surface area contributed by atoms with Gasteiger partial charge < -0.3 is 4.74 Å². The molecule has 158 valence electrons. The van der Waals surface area contributed by atoms with Crippen molar-refractivity contribution in [1.29, 1.82) is 0 Å². The van der Waals surface area contributed by atoms with Crippen molar-refractivity contribution in [2.45, 2.75) is 30.6 Å². The average molecular weight is 438 g/mol. The molecule has 0 N–H and O–H groups in total. The van der Waals surface area contributed by atoms with E-state index in [9.17, 15) is 13.2 Å². The largest absolute Gasteiger partial charge is 0.379 e. The smallest absolute Gasteiger partial charge is 0.231 e. The van der Waals surface area contributed by atoms with Crippen LogP contribution in [0.25, 0.3) is 10.2 Å². The van der Waals surface area contributed by atoms with Crippen LogP contribution in [-0.2, 0) is 19.4 Å². The van der Waals surface area contributed by atoms with E-state index in [1.807, 2.05) is 4.90 Å². The molecule has 1 aromatic heterocycles. The van der Waals surface area contributed by atoms with Gasteiger partial charge in [0.2, 0.25) is 5.91 Å². The number of thiazole rings is 1. The van der Waals surface area contributed by atoms with Crippen LogP contribution in [0, 0.1) is 5.92 Å². The summed E-state index contributed by atoms with van der Waals surface area (Å²) in [5.74, 6) is 0.219. The monoisotopic (exact) mass is 437 g/mol. The summed E-state index contributed by atoms with van der Waals surface area (Å²) in [5.41, 5.74) is 0.730. The first kappa shape index (κ1) is 20.7. The zero-order valence-electron chi connectivity index (χ0n) is 16.7. The number of hydrogen-bond acceptors (Lipinski definition) is 7. The van der Waals surface area contributed by atoms with Crippen LogP contribution in [0.4, 0.5) is 5.13 Å². The van der Waals surface area contributed by atoms with Crippen LogP contribution < -0.4 is 4.90 Å². The molecule has 9 heteroatoms. The number of morpholine rings is 1. The van der Waals surface area contributed by atoms with Crippen molar-refractivity contribution in [2.24, 2.45) is 5.92 Å². The van der Waals surface area contributed by atoms with Crippen LogP contribution in [0.5, 0.6) is 0 Å². The van der Waals surface area contributed by atoms with E-state index >= 15 is 0 Å². The standard InChI is InChI=1S/C20H27N3O4S2/c1-29(25,26)16-6-7-17-18(14-16)28-20(21-17)23(19(24)15-4-2-3-5-15)9-8-22-10-12-27-13-11-22/h6-7,14-15H,2-5,8-13H2,1H3. The molecule has 1 aliphatic heterocycles. The minimum Gasteiger partial charge on any atom is -0.379 e. The highest BCUT2D eigenvalue weighted by molar-refractivity contribution is 7.90. The highest BCUT2D eigenvalue weighted by Gasteiger charge is 2.30. The molecule has 1 saturated heterocycles. The molecule has 0 bridgehead atoms. The highest BCUT2D eigenvalue weighted by Crippen LogP contribution is 2.34. The van der Waals surface area contributed by atoms with Crippen molar-refractivity contribution in [3.63, 3.8) is 0 Å². The molecule has 7 nitrogen and oxygen atoms in total. The lowest BCUT2D eigenvalue weighted by molar-refractivity contribution is -0.122. The predicted octanol–water partition coefficient (Wildman–Crippen LogP) is 2.56. The molecule has 2 aliphatic rings. The summed E-state index contributed by atoms with van der Waals surface area (Å²) in [6.45, 7) is 4.59. The number of fused-ring (bicyclic) bond motifs is 1. The molecule has 2 aromatic rings.